The van der Waals surface area contributed by atoms with Crippen molar-refractivity contribution in [3.05, 3.63) is 34.9 Å². The Morgan fingerprint density at radius 1 is 0.882 bits per heavy atom. The second kappa shape index (κ2) is 12.3. The molecule has 0 aliphatic heterocycles. The van der Waals surface area contributed by atoms with Crippen molar-refractivity contribution in [2.75, 3.05) is 0 Å². The molecule has 2 fully saturated rings. The molecule has 2 saturated carbocycles. The van der Waals surface area contributed by atoms with Crippen molar-refractivity contribution in [3.8, 4) is 6.07 Å². The summed E-state index contributed by atoms with van der Waals surface area (Å²) in [5.74, 6) is -1.03. The third-order valence-electron chi connectivity index (χ3n) is 7.25. The Hall–Kier alpha value is -2.49. The molecule has 3 rings (SSSR count). The molecule has 0 aromatic heterocycles. The number of benzene rings is 1. The lowest BCUT2D eigenvalue weighted by Gasteiger charge is -2.31. The van der Waals surface area contributed by atoms with Crippen LogP contribution in [0.1, 0.15) is 107 Å². The molecule has 1 aromatic carbocycles. The summed E-state index contributed by atoms with van der Waals surface area (Å²) in [5, 5.41) is 9.79. The second-order valence-corrected chi connectivity index (χ2v) is 9.53. The van der Waals surface area contributed by atoms with Crippen molar-refractivity contribution < 1.29 is 27.8 Å². The number of carbonyl (C=O) groups excluding carboxylic acids is 2. The van der Waals surface area contributed by atoms with E-state index in [0.29, 0.717) is 31.2 Å². The Balaban J connectivity index is 1.55. The molecule has 34 heavy (non-hydrogen) atoms. The Morgan fingerprint density at radius 2 is 1.35 bits per heavy atom. The average molecular weight is 476 g/mol. The zero-order valence-corrected chi connectivity index (χ0v) is 20.1. The van der Waals surface area contributed by atoms with E-state index < -0.39 is 24.3 Å². The van der Waals surface area contributed by atoms with Crippen molar-refractivity contribution in [2.45, 2.75) is 114 Å². The largest absolute Gasteiger partial charge is 0.460 e. The highest BCUT2D eigenvalue weighted by atomic mass is 19.1. The van der Waals surface area contributed by atoms with Crippen LogP contribution in [0, 0.1) is 11.3 Å². The SMILES string of the molecule is CCC(F)C(=O)OC1CCC(c2ccc(C3CCC(OC(=O)C(F)CC)CC3)c(C#N)c2)CC1. The van der Waals surface area contributed by atoms with E-state index >= 15 is 0 Å². The molecule has 0 bridgehead atoms. The average Bonchev–Trinajstić information content (AvgIpc) is 2.88. The van der Waals surface area contributed by atoms with Gasteiger partial charge < -0.3 is 9.47 Å². The first-order chi connectivity index (χ1) is 16.4. The summed E-state index contributed by atoms with van der Waals surface area (Å²) < 4.78 is 37.6. The van der Waals surface area contributed by atoms with Crippen LogP contribution in [-0.4, -0.2) is 36.5 Å². The molecule has 2 aliphatic carbocycles. The fraction of sp³-hybridized carbons (Fsp3) is 0.667. The van der Waals surface area contributed by atoms with Gasteiger partial charge in [-0.25, -0.2) is 18.4 Å². The minimum Gasteiger partial charge on any atom is -0.460 e. The lowest BCUT2D eigenvalue weighted by Crippen LogP contribution is -2.28. The molecular weight excluding hydrogens is 440 g/mol. The van der Waals surface area contributed by atoms with Crippen LogP contribution in [0.25, 0.3) is 0 Å². The van der Waals surface area contributed by atoms with Gasteiger partial charge >= 0.3 is 11.9 Å². The molecular formula is C27H35F2NO4. The van der Waals surface area contributed by atoms with Crippen LogP contribution in [0.2, 0.25) is 0 Å². The molecule has 0 radical (unpaired) electrons. The quantitative estimate of drug-likeness (QED) is 0.419. The van der Waals surface area contributed by atoms with E-state index in [0.717, 1.165) is 36.8 Å². The third-order valence-corrected chi connectivity index (χ3v) is 7.25. The first-order valence-corrected chi connectivity index (χ1v) is 12.6. The van der Waals surface area contributed by atoms with Crippen LogP contribution in [0.3, 0.4) is 0 Å². The molecule has 0 amide bonds. The summed E-state index contributed by atoms with van der Waals surface area (Å²) in [6.45, 7) is 3.23. The molecule has 2 aliphatic rings. The van der Waals surface area contributed by atoms with E-state index in [1.165, 1.54) is 0 Å². The summed E-state index contributed by atoms with van der Waals surface area (Å²) in [5.41, 5.74) is 2.80. The highest BCUT2D eigenvalue weighted by Gasteiger charge is 2.30. The van der Waals surface area contributed by atoms with Crippen LogP contribution in [-0.2, 0) is 19.1 Å². The number of carbonyl (C=O) groups is 2. The van der Waals surface area contributed by atoms with Gasteiger partial charge in [-0.05, 0) is 93.2 Å². The number of hydrogen-bond acceptors (Lipinski definition) is 5. The van der Waals surface area contributed by atoms with E-state index in [1.54, 1.807) is 13.8 Å². The van der Waals surface area contributed by atoms with Gasteiger partial charge in [0.1, 0.15) is 12.2 Å². The highest BCUT2D eigenvalue weighted by Crippen LogP contribution is 2.39. The Labute approximate surface area is 200 Å². The van der Waals surface area contributed by atoms with Gasteiger partial charge in [-0.3, -0.25) is 0 Å². The van der Waals surface area contributed by atoms with Crippen molar-refractivity contribution in [1.29, 1.82) is 5.26 Å². The first-order valence-electron chi connectivity index (χ1n) is 12.6. The minimum absolute atomic E-state index is 0.121. The maximum atomic E-state index is 13.5. The number of hydrogen-bond donors (Lipinski definition) is 0. The molecule has 186 valence electrons. The van der Waals surface area contributed by atoms with Crippen molar-refractivity contribution in [3.63, 3.8) is 0 Å². The number of rotatable bonds is 8. The van der Waals surface area contributed by atoms with Crippen LogP contribution in [0.5, 0.6) is 0 Å². The number of halogens is 2. The van der Waals surface area contributed by atoms with Gasteiger partial charge in [-0.15, -0.1) is 0 Å². The number of nitrogens with zero attached hydrogens (tertiary/aromatic N) is 1. The lowest BCUT2D eigenvalue weighted by molar-refractivity contribution is -0.157. The van der Waals surface area contributed by atoms with Gasteiger partial charge in [0.25, 0.3) is 0 Å². The zero-order chi connectivity index (χ0) is 24.7. The van der Waals surface area contributed by atoms with Crippen LogP contribution in [0.15, 0.2) is 18.2 Å². The van der Waals surface area contributed by atoms with E-state index in [-0.39, 0.29) is 36.9 Å². The highest BCUT2D eigenvalue weighted by molar-refractivity contribution is 5.75. The molecule has 2 unspecified atom stereocenters. The molecule has 0 spiro atoms. The van der Waals surface area contributed by atoms with Crippen molar-refractivity contribution >= 4 is 11.9 Å². The molecule has 2 atom stereocenters. The van der Waals surface area contributed by atoms with E-state index in [9.17, 15) is 23.6 Å². The van der Waals surface area contributed by atoms with Crippen LogP contribution in [0.4, 0.5) is 8.78 Å². The maximum Gasteiger partial charge on any atom is 0.340 e. The Kier molecular flexibility index (Phi) is 9.44. The van der Waals surface area contributed by atoms with E-state index in [2.05, 4.69) is 12.1 Å². The van der Waals surface area contributed by atoms with Gasteiger partial charge in [-0.2, -0.15) is 5.26 Å². The number of ether oxygens (including phenoxy) is 2. The Bertz CT molecular complexity index is 883. The van der Waals surface area contributed by atoms with Crippen LogP contribution >= 0.6 is 0 Å². The molecule has 0 N–H and O–H groups in total. The summed E-state index contributed by atoms with van der Waals surface area (Å²) in [4.78, 5) is 23.4. The first kappa shape index (κ1) is 26.1. The van der Waals surface area contributed by atoms with Crippen LogP contribution < -0.4 is 0 Å². The fourth-order valence-electron chi connectivity index (χ4n) is 5.10. The molecule has 5 nitrogen and oxygen atoms in total. The number of nitriles is 1. The summed E-state index contributed by atoms with van der Waals surface area (Å²) in [6, 6.07) is 8.45. The van der Waals surface area contributed by atoms with Gasteiger partial charge in [0.2, 0.25) is 0 Å². The van der Waals surface area contributed by atoms with Gasteiger partial charge in [0.05, 0.1) is 11.6 Å². The lowest BCUT2D eigenvalue weighted by atomic mass is 9.78. The normalized spacial score (nSPS) is 26.7. The standard InChI is InChI=1S/C27H35F2NO4/c1-3-24(28)26(31)33-21-10-5-17(6-11-21)19-9-14-23(20(15-19)16-30)18-7-12-22(13-8-18)34-27(32)25(29)4-2/h9,14-15,17-18,21-22,24-25H,3-8,10-13H2,1-2H3. The van der Waals surface area contributed by atoms with Crippen molar-refractivity contribution in [2.24, 2.45) is 0 Å². The maximum absolute atomic E-state index is 13.5. The second-order valence-electron chi connectivity index (χ2n) is 9.53. The van der Waals surface area contributed by atoms with Gasteiger partial charge in [0.15, 0.2) is 12.3 Å². The number of alkyl halides is 2. The van der Waals surface area contributed by atoms with Gasteiger partial charge in [0, 0.05) is 0 Å². The Morgan fingerprint density at radius 3 is 1.79 bits per heavy atom. The van der Waals surface area contributed by atoms with Gasteiger partial charge in [-0.1, -0.05) is 26.0 Å². The smallest absolute Gasteiger partial charge is 0.340 e. The topological polar surface area (TPSA) is 76.4 Å². The molecule has 0 heterocycles. The van der Waals surface area contributed by atoms with E-state index in [4.69, 9.17) is 9.47 Å². The number of esters is 2. The predicted octanol–water partition coefficient (Wildman–Crippen LogP) is 6.19. The minimum atomic E-state index is -1.56. The molecule has 7 heteroatoms. The zero-order valence-electron chi connectivity index (χ0n) is 20.1. The monoisotopic (exact) mass is 475 g/mol. The fourth-order valence-corrected chi connectivity index (χ4v) is 5.10. The van der Waals surface area contributed by atoms with E-state index in [1.807, 2.05) is 12.1 Å². The third kappa shape index (κ3) is 6.55. The predicted molar refractivity (Wildman–Crippen MR) is 124 cm³/mol. The summed E-state index contributed by atoms with van der Waals surface area (Å²) >= 11 is 0. The van der Waals surface area contributed by atoms with Crippen molar-refractivity contribution in [1.82, 2.24) is 0 Å². The molecule has 1 aromatic rings. The molecule has 0 saturated heterocycles. The summed E-state index contributed by atoms with van der Waals surface area (Å²) in [6.07, 6.45) is 2.59. The summed E-state index contributed by atoms with van der Waals surface area (Å²) in [7, 11) is 0.